The van der Waals surface area contributed by atoms with E-state index in [0.29, 0.717) is 37.5 Å². The van der Waals surface area contributed by atoms with Gasteiger partial charge in [0.1, 0.15) is 12.5 Å². The van der Waals surface area contributed by atoms with E-state index in [-0.39, 0.29) is 36.5 Å². The summed E-state index contributed by atoms with van der Waals surface area (Å²) in [7, 11) is 5.48. The number of rotatable bonds is 9. The van der Waals surface area contributed by atoms with Crippen molar-refractivity contribution in [1.29, 1.82) is 0 Å². The summed E-state index contributed by atoms with van der Waals surface area (Å²) in [5, 5.41) is 7.08. The lowest BCUT2D eigenvalue weighted by Gasteiger charge is -2.47. The van der Waals surface area contributed by atoms with Crippen LogP contribution in [-0.4, -0.2) is 112 Å². The molecule has 1 aromatic rings. The molecule has 4 rings (SSSR count). The molecule has 3 aliphatic rings. The zero-order valence-electron chi connectivity index (χ0n) is 28.8. The number of methoxy groups -OCH3 is 1. The Kier molecular flexibility index (Phi) is 12.8. The average Bonchev–Trinajstić information content (AvgIpc) is 3.87. The molecule has 2 N–H and O–H groups in total. The van der Waals surface area contributed by atoms with Crippen molar-refractivity contribution in [2.24, 2.45) is 17.8 Å². The summed E-state index contributed by atoms with van der Waals surface area (Å²) in [5.41, 5.74) is -0.537. The Balaban J connectivity index is 1.64. The van der Waals surface area contributed by atoms with Crippen molar-refractivity contribution in [2.75, 3.05) is 40.9 Å². The van der Waals surface area contributed by atoms with E-state index in [2.05, 4.69) is 17.6 Å². The van der Waals surface area contributed by atoms with E-state index < -0.39 is 47.9 Å². The Labute approximate surface area is 274 Å². The van der Waals surface area contributed by atoms with Gasteiger partial charge in [-0.3, -0.25) is 9.59 Å². The number of nitrogens with one attached hydrogen (secondary N) is 2. The van der Waals surface area contributed by atoms with Crippen LogP contribution in [0.2, 0.25) is 0 Å². The van der Waals surface area contributed by atoms with Crippen molar-refractivity contribution >= 4 is 17.7 Å². The summed E-state index contributed by atoms with van der Waals surface area (Å²) in [4.78, 5) is 42.5. The fourth-order valence-electron chi connectivity index (χ4n) is 6.67. The molecule has 0 aromatic heterocycles. The molecule has 1 saturated carbocycles. The molecule has 0 spiro atoms. The van der Waals surface area contributed by atoms with Crippen molar-refractivity contribution in [3.63, 3.8) is 0 Å². The van der Waals surface area contributed by atoms with Crippen molar-refractivity contribution in [3.8, 4) is 0 Å². The summed E-state index contributed by atoms with van der Waals surface area (Å²) in [6.07, 6.45) is 0.636. The summed E-state index contributed by atoms with van der Waals surface area (Å²) in [6.45, 7) is 10.9. The van der Waals surface area contributed by atoms with Gasteiger partial charge in [-0.15, -0.1) is 0 Å². The van der Waals surface area contributed by atoms with Crippen LogP contribution in [0.1, 0.15) is 70.7 Å². The van der Waals surface area contributed by atoms with Crippen LogP contribution in [0.25, 0.3) is 0 Å². The predicted octanol–water partition coefficient (Wildman–Crippen LogP) is 3.20. The predicted molar refractivity (Wildman–Crippen MR) is 173 cm³/mol. The summed E-state index contributed by atoms with van der Waals surface area (Å²) in [5.74, 6) is -3.03. The minimum atomic E-state index is -1.01. The van der Waals surface area contributed by atoms with Crippen LogP contribution in [0.15, 0.2) is 30.3 Å². The molecule has 2 aliphatic heterocycles. The van der Waals surface area contributed by atoms with E-state index in [4.69, 9.17) is 23.7 Å². The van der Waals surface area contributed by atoms with Gasteiger partial charge >= 0.3 is 11.9 Å². The van der Waals surface area contributed by atoms with Crippen LogP contribution in [0.4, 0.5) is 0 Å². The molecular formula is C35H55N3O8. The molecule has 46 heavy (non-hydrogen) atoms. The molecule has 0 amide bonds. The molecule has 11 nitrogen and oxygen atoms in total. The first-order valence-corrected chi connectivity index (χ1v) is 16.8. The highest BCUT2D eigenvalue weighted by Crippen LogP contribution is 2.37. The number of hydrogen-bond donors (Lipinski definition) is 2. The largest absolute Gasteiger partial charge is 0.463 e. The van der Waals surface area contributed by atoms with Gasteiger partial charge < -0.3 is 39.2 Å². The van der Waals surface area contributed by atoms with Gasteiger partial charge in [0.15, 0.2) is 18.2 Å². The zero-order chi connectivity index (χ0) is 33.6. The van der Waals surface area contributed by atoms with Crippen LogP contribution in [0.5, 0.6) is 0 Å². The number of likely N-dealkylation sites (N-methyl/N-ethyl adjacent to an activating group) is 1. The highest BCUT2D eigenvalue weighted by molar-refractivity contribution is 6.00. The number of carbonyl (C=O) groups is 3. The maximum atomic E-state index is 14.0. The zero-order valence-corrected chi connectivity index (χ0v) is 28.8. The maximum absolute atomic E-state index is 14.0. The molecule has 3 fully saturated rings. The summed E-state index contributed by atoms with van der Waals surface area (Å²) in [6, 6.07) is 9.03. The van der Waals surface area contributed by atoms with E-state index in [1.54, 1.807) is 45.2 Å². The Morgan fingerprint density at radius 1 is 1.11 bits per heavy atom. The fourth-order valence-corrected chi connectivity index (χ4v) is 6.67. The molecule has 1 aliphatic carbocycles. The van der Waals surface area contributed by atoms with Crippen LogP contribution in [0, 0.1) is 17.8 Å². The van der Waals surface area contributed by atoms with Gasteiger partial charge in [-0.25, -0.2) is 4.79 Å². The van der Waals surface area contributed by atoms with Crippen LogP contribution >= 0.6 is 0 Å². The standard InChI is InChI=1S/C35H55N3O8/c1-21-17-35(5,42-8)31(23(3)29(39)24(4)32(40)43-20-27(36-18-21)19-37-26-14-15-26)46-34-30(28(38(6)7)16-22(2)44-34)45-33(41)25-12-10-9-11-13-25/h9-13,21-24,26-28,30-31,34,36-37H,14-20H2,1-8H3/t21-,22-,23+,24?,27-,28+,30-,31-,34+,35-/m1/s1. The van der Waals surface area contributed by atoms with Crippen molar-refractivity contribution < 1.29 is 38.1 Å². The lowest BCUT2D eigenvalue weighted by Crippen LogP contribution is -2.60. The topological polar surface area (TPSA) is 125 Å². The molecule has 1 aromatic carbocycles. The van der Waals surface area contributed by atoms with Crippen LogP contribution in [0.3, 0.4) is 0 Å². The van der Waals surface area contributed by atoms with Gasteiger partial charge in [-0.2, -0.15) is 0 Å². The lowest BCUT2D eigenvalue weighted by atomic mass is 9.78. The van der Waals surface area contributed by atoms with Gasteiger partial charge in [0.25, 0.3) is 0 Å². The third-order valence-corrected chi connectivity index (χ3v) is 9.70. The van der Waals surface area contributed by atoms with E-state index in [1.807, 2.05) is 38.9 Å². The summed E-state index contributed by atoms with van der Waals surface area (Å²) >= 11 is 0. The first-order valence-electron chi connectivity index (χ1n) is 16.8. The average molecular weight is 646 g/mol. The van der Waals surface area contributed by atoms with Crippen molar-refractivity contribution in [2.45, 2.75) is 109 Å². The molecule has 11 heteroatoms. The third kappa shape index (κ3) is 9.35. The van der Waals surface area contributed by atoms with Gasteiger partial charge in [0, 0.05) is 25.6 Å². The fraction of sp³-hybridized carbons (Fsp3) is 0.743. The molecule has 2 heterocycles. The van der Waals surface area contributed by atoms with Gasteiger partial charge in [-0.1, -0.05) is 32.0 Å². The molecule has 258 valence electrons. The van der Waals surface area contributed by atoms with Gasteiger partial charge in [0.2, 0.25) is 0 Å². The SMILES string of the molecule is CO[C@]1(C)C[C@@H](C)CN[C@H](CNC2CC2)COC(=O)C(C)C(=O)[C@H](C)[C@H]1O[C@@H]1O[C@H](C)C[C@H](N(C)C)[C@H]1OC(=O)c1ccccc1. The number of cyclic esters (lactones) is 1. The molecule has 0 bridgehead atoms. The van der Waals surface area contributed by atoms with E-state index in [1.165, 1.54) is 0 Å². The number of ketones is 1. The number of nitrogens with zero attached hydrogens (tertiary/aromatic N) is 1. The third-order valence-electron chi connectivity index (χ3n) is 9.70. The lowest BCUT2D eigenvalue weighted by molar-refractivity contribution is -0.294. The Morgan fingerprint density at radius 2 is 1.80 bits per heavy atom. The number of hydrogen-bond acceptors (Lipinski definition) is 11. The Bertz CT molecular complexity index is 1160. The highest BCUT2D eigenvalue weighted by atomic mass is 16.7. The minimum absolute atomic E-state index is 0.0894. The first kappa shape index (κ1) is 36.4. The van der Waals surface area contributed by atoms with Crippen molar-refractivity contribution in [1.82, 2.24) is 15.5 Å². The second kappa shape index (κ2) is 16.1. The summed E-state index contributed by atoms with van der Waals surface area (Å²) < 4.78 is 31.2. The first-order chi connectivity index (χ1) is 21.8. The molecule has 2 saturated heterocycles. The number of benzene rings is 1. The number of Topliss-reactive ketones (excluding diaryl/α,β-unsaturated/α-hetero) is 1. The second-order valence-electron chi connectivity index (χ2n) is 14.0. The van der Waals surface area contributed by atoms with E-state index >= 15 is 0 Å². The number of carbonyl (C=O) groups excluding carboxylic acids is 3. The quantitative estimate of drug-likeness (QED) is 0.304. The van der Waals surface area contributed by atoms with Gasteiger partial charge in [0.05, 0.1) is 35.5 Å². The van der Waals surface area contributed by atoms with E-state index in [0.717, 1.165) is 12.8 Å². The Hall–Kier alpha value is -2.41. The van der Waals surface area contributed by atoms with Crippen molar-refractivity contribution in [3.05, 3.63) is 35.9 Å². The molecule has 0 radical (unpaired) electrons. The molecule has 1 unspecified atom stereocenters. The second-order valence-corrected chi connectivity index (χ2v) is 14.0. The number of esters is 2. The van der Waals surface area contributed by atoms with Crippen LogP contribution < -0.4 is 10.6 Å². The highest BCUT2D eigenvalue weighted by Gasteiger charge is 2.50. The smallest absolute Gasteiger partial charge is 0.338 e. The molecular weight excluding hydrogens is 590 g/mol. The van der Waals surface area contributed by atoms with E-state index in [9.17, 15) is 14.4 Å². The van der Waals surface area contributed by atoms with Crippen LogP contribution in [-0.2, 0) is 33.3 Å². The molecule has 10 atom stereocenters. The minimum Gasteiger partial charge on any atom is -0.463 e. The number of ether oxygens (including phenoxy) is 5. The normalized spacial score (nSPS) is 36.7. The Morgan fingerprint density at radius 3 is 2.43 bits per heavy atom. The van der Waals surface area contributed by atoms with Gasteiger partial charge in [-0.05, 0) is 85.1 Å². The maximum Gasteiger partial charge on any atom is 0.338 e. The monoisotopic (exact) mass is 645 g/mol.